The van der Waals surface area contributed by atoms with Gasteiger partial charge >= 0.3 is 5.97 Å². The van der Waals surface area contributed by atoms with Crippen LogP contribution in [0.4, 0.5) is 0 Å². The number of carbonyl (C=O) groups excluding carboxylic acids is 2. The number of Topliss-reactive ketones (excluding diaryl/α,β-unsaturated/α-hetero) is 1. The van der Waals surface area contributed by atoms with Crippen molar-refractivity contribution in [1.29, 1.82) is 0 Å². The summed E-state index contributed by atoms with van der Waals surface area (Å²) in [6, 6.07) is 0. The van der Waals surface area contributed by atoms with Gasteiger partial charge in [-0.3, -0.25) is 4.79 Å². The summed E-state index contributed by atoms with van der Waals surface area (Å²) in [4.78, 5) is 25.7. The lowest BCUT2D eigenvalue weighted by Gasteiger charge is -2.40. The van der Waals surface area contributed by atoms with Gasteiger partial charge in [-0.2, -0.15) is 0 Å². The maximum absolute atomic E-state index is 13.4. The van der Waals surface area contributed by atoms with Gasteiger partial charge in [-0.25, -0.2) is 4.79 Å². The van der Waals surface area contributed by atoms with E-state index in [1.165, 1.54) is 0 Å². The molecule has 8 heteroatoms. The molecule has 1 aliphatic carbocycles. The molecular weight excluding hydrogens is 536 g/mol. The Balaban J connectivity index is 1.44. The van der Waals surface area contributed by atoms with Crippen molar-refractivity contribution in [1.82, 2.24) is 0 Å². The van der Waals surface area contributed by atoms with Gasteiger partial charge in [-0.1, -0.05) is 58.4 Å². The number of aliphatic hydroxyl groups excluding tert-OH is 2. The van der Waals surface area contributed by atoms with Gasteiger partial charge in [0.2, 0.25) is 0 Å². The second kappa shape index (κ2) is 14.5. The Morgan fingerprint density at radius 3 is 2.52 bits per heavy atom. The number of ketones is 1. The van der Waals surface area contributed by atoms with Crippen molar-refractivity contribution in [3.05, 3.63) is 47.5 Å². The van der Waals surface area contributed by atoms with Gasteiger partial charge in [0.1, 0.15) is 5.57 Å². The maximum atomic E-state index is 13.4. The third-order valence-electron chi connectivity index (χ3n) is 10.0. The third kappa shape index (κ3) is 7.26. The SMILES string of the molecule is C=C1OC(=O)C(C(=O)[C@H](C)C2[C@H](/C=C(\CO)[C@H]3O[C@@H](/C=C/C[C@@H]4CCC([C@@H](C)OC)O4)CC[C@@H]3C)CCC[C@@H]2C)=C1O. The van der Waals surface area contributed by atoms with Crippen LogP contribution >= 0.6 is 0 Å². The quantitative estimate of drug-likeness (QED) is 0.179. The molecule has 2 N–H and O–H groups in total. The molecule has 0 amide bonds. The molecule has 0 radical (unpaired) electrons. The number of ether oxygens (including phenoxy) is 4. The lowest BCUT2D eigenvalue weighted by molar-refractivity contribution is -0.136. The average Bonchev–Trinajstić information content (AvgIpc) is 3.54. The molecule has 10 atom stereocenters. The fraction of sp³-hybridized carbons (Fsp3) is 0.706. The molecule has 0 aromatic rings. The molecule has 8 nitrogen and oxygen atoms in total. The Morgan fingerprint density at radius 1 is 1.10 bits per heavy atom. The van der Waals surface area contributed by atoms with Crippen molar-refractivity contribution >= 4 is 11.8 Å². The normalized spacial score (nSPS) is 36.0. The number of allylic oxidation sites excluding steroid dienone is 1. The highest BCUT2D eigenvalue weighted by Gasteiger charge is 2.43. The molecule has 3 aliphatic heterocycles. The Kier molecular flexibility index (Phi) is 11.3. The molecule has 2 saturated heterocycles. The molecule has 1 saturated carbocycles. The molecule has 3 fully saturated rings. The van der Waals surface area contributed by atoms with E-state index in [0.717, 1.165) is 56.9 Å². The largest absolute Gasteiger partial charge is 0.504 e. The highest BCUT2D eigenvalue weighted by Crippen LogP contribution is 2.43. The molecule has 234 valence electrons. The van der Waals surface area contributed by atoms with Crippen LogP contribution in [-0.2, 0) is 28.5 Å². The van der Waals surface area contributed by atoms with E-state index in [9.17, 15) is 19.8 Å². The summed E-state index contributed by atoms with van der Waals surface area (Å²) in [5.74, 6) is -1.95. The Hall–Kier alpha value is -2.26. The summed E-state index contributed by atoms with van der Waals surface area (Å²) < 4.78 is 23.1. The fourth-order valence-corrected chi connectivity index (χ4v) is 7.47. The minimum atomic E-state index is -0.840. The predicted molar refractivity (Wildman–Crippen MR) is 159 cm³/mol. The molecule has 0 spiro atoms. The Labute approximate surface area is 250 Å². The highest BCUT2D eigenvalue weighted by atomic mass is 16.6. The van der Waals surface area contributed by atoms with Crippen molar-refractivity contribution in [2.45, 2.75) is 110 Å². The summed E-state index contributed by atoms with van der Waals surface area (Å²) in [5.41, 5.74) is 0.552. The summed E-state index contributed by atoms with van der Waals surface area (Å²) in [7, 11) is 1.72. The summed E-state index contributed by atoms with van der Waals surface area (Å²) in [5, 5.41) is 20.8. The molecule has 3 heterocycles. The first-order valence-corrected chi connectivity index (χ1v) is 15.8. The number of carbonyl (C=O) groups is 2. The predicted octanol–water partition coefficient (Wildman–Crippen LogP) is 5.76. The molecule has 4 rings (SSSR count). The van der Waals surface area contributed by atoms with Crippen LogP contribution in [0.1, 0.15) is 79.1 Å². The zero-order valence-electron chi connectivity index (χ0n) is 25.9. The lowest BCUT2D eigenvalue weighted by atomic mass is 9.65. The first kappa shape index (κ1) is 32.6. The standard InChI is InChI=1S/C34H50O8/c1-19-9-7-10-24(29(19)21(3)31(36)30-32(37)23(5)40-34(30)38)17-25(18-35)33-20(2)13-14-27(42-33)12-8-11-26-15-16-28(41-26)22(4)39-6/h8,12,17,19-22,24,26-29,33,35,37H,5,7,9-11,13-16,18H2,1-4,6H3/b12-8+,25-17+/t19-,20-,21+,22+,24-,26+,27-,28?,29?,33-/m0/s1. The number of methoxy groups -OCH3 is 1. The summed E-state index contributed by atoms with van der Waals surface area (Å²) in [6.45, 7) is 11.6. The van der Waals surface area contributed by atoms with Gasteiger partial charge < -0.3 is 29.2 Å². The minimum absolute atomic E-state index is 0.0331. The monoisotopic (exact) mass is 586 g/mol. The molecule has 0 aromatic heterocycles. The average molecular weight is 587 g/mol. The van der Waals surface area contributed by atoms with Gasteiger partial charge in [0.05, 0.1) is 37.1 Å². The summed E-state index contributed by atoms with van der Waals surface area (Å²) >= 11 is 0. The molecule has 0 bridgehead atoms. The van der Waals surface area contributed by atoms with Crippen molar-refractivity contribution in [3.8, 4) is 0 Å². The number of hydrogen-bond donors (Lipinski definition) is 2. The molecule has 2 unspecified atom stereocenters. The fourth-order valence-electron chi connectivity index (χ4n) is 7.47. The van der Waals surface area contributed by atoms with E-state index >= 15 is 0 Å². The summed E-state index contributed by atoms with van der Waals surface area (Å²) in [6.07, 6.45) is 14.3. The Morgan fingerprint density at radius 2 is 1.86 bits per heavy atom. The number of rotatable bonds is 11. The first-order valence-electron chi connectivity index (χ1n) is 15.8. The minimum Gasteiger partial charge on any atom is -0.504 e. The van der Waals surface area contributed by atoms with Crippen LogP contribution in [0.15, 0.2) is 47.5 Å². The smallest absolute Gasteiger partial charge is 0.351 e. The van der Waals surface area contributed by atoms with Crippen LogP contribution in [0, 0.1) is 29.6 Å². The Bertz CT molecular complexity index is 1090. The second-order valence-electron chi connectivity index (χ2n) is 12.9. The van der Waals surface area contributed by atoms with E-state index in [2.05, 4.69) is 38.7 Å². The highest BCUT2D eigenvalue weighted by molar-refractivity contribution is 6.20. The number of hydrogen-bond acceptors (Lipinski definition) is 8. The number of cyclic esters (lactones) is 1. The van der Waals surface area contributed by atoms with Gasteiger partial charge in [0, 0.05) is 13.0 Å². The van der Waals surface area contributed by atoms with E-state index in [1.807, 2.05) is 13.8 Å². The van der Waals surface area contributed by atoms with E-state index in [-0.39, 0.29) is 72.1 Å². The van der Waals surface area contributed by atoms with Crippen molar-refractivity contribution in [2.24, 2.45) is 29.6 Å². The molecule has 42 heavy (non-hydrogen) atoms. The van der Waals surface area contributed by atoms with Gasteiger partial charge in [0.15, 0.2) is 17.3 Å². The van der Waals surface area contributed by atoms with Crippen molar-refractivity contribution in [2.75, 3.05) is 13.7 Å². The van der Waals surface area contributed by atoms with E-state index in [0.29, 0.717) is 0 Å². The third-order valence-corrected chi connectivity index (χ3v) is 10.0. The van der Waals surface area contributed by atoms with E-state index < -0.39 is 23.4 Å². The molecule has 0 aromatic carbocycles. The van der Waals surface area contributed by atoms with E-state index in [1.54, 1.807) is 7.11 Å². The van der Waals surface area contributed by atoms with Gasteiger partial charge in [-0.05, 0) is 74.7 Å². The second-order valence-corrected chi connectivity index (χ2v) is 12.9. The van der Waals surface area contributed by atoms with Crippen LogP contribution in [-0.4, -0.2) is 66.2 Å². The molecule has 4 aliphatic rings. The van der Waals surface area contributed by atoms with Crippen LogP contribution in [0.3, 0.4) is 0 Å². The maximum Gasteiger partial charge on any atom is 0.351 e. The van der Waals surface area contributed by atoms with Crippen molar-refractivity contribution in [3.63, 3.8) is 0 Å². The van der Waals surface area contributed by atoms with E-state index in [4.69, 9.17) is 18.9 Å². The lowest BCUT2D eigenvalue weighted by Crippen LogP contribution is -2.38. The van der Waals surface area contributed by atoms with Gasteiger partial charge in [0.25, 0.3) is 0 Å². The van der Waals surface area contributed by atoms with Crippen molar-refractivity contribution < 1.29 is 38.7 Å². The van der Waals surface area contributed by atoms with Crippen LogP contribution in [0.2, 0.25) is 0 Å². The first-order chi connectivity index (χ1) is 20.0. The number of esters is 1. The van der Waals surface area contributed by atoms with Crippen LogP contribution in [0.25, 0.3) is 0 Å². The number of aliphatic hydroxyl groups is 2. The van der Waals surface area contributed by atoms with Crippen LogP contribution < -0.4 is 0 Å². The molecular formula is C34H50O8. The zero-order valence-corrected chi connectivity index (χ0v) is 25.9. The topological polar surface area (TPSA) is 112 Å². The van der Waals surface area contributed by atoms with Gasteiger partial charge in [-0.15, -0.1) is 0 Å². The van der Waals surface area contributed by atoms with Crippen LogP contribution in [0.5, 0.6) is 0 Å². The zero-order chi connectivity index (χ0) is 30.6.